The molecule has 2 atom stereocenters. The number of nitrogens with one attached hydrogen (secondary N) is 1. The molecule has 0 amide bonds. The van der Waals surface area contributed by atoms with Crippen LogP contribution in [0.4, 0.5) is 0 Å². The zero-order valence-electron chi connectivity index (χ0n) is 36.3. The van der Waals surface area contributed by atoms with Crippen molar-refractivity contribution in [2.75, 3.05) is 33.4 Å². The molecule has 0 bridgehead atoms. The van der Waals surface area contributed by atoms with Crippen LogP contribution in [0.5, 0.6) is 0 Å². The van der Waals surface area contributed by atoms with Crippen molar-refractivity contribution in [1.82, 2.24) is 5.32 Å². The number of hydrogen-bond donors (Lipinski definition) is 2. The van der Waals surface area contributed by atoms with Crippen LogP contribution in [-0.4, -0.2) is 56.3 Å². The van der Waals surface area contributed by atoms with Gasteiger partial charge in [0.1, 0.15) is 6.61 Å². The third-order valence-corrected chi connectivity index (χ3v) is 10.7. The molecule has 0 radical (unpaired) electrons. The number of allylic oxidation sites excluding steroid dienone is 6. The van der Waals surface area contributed by atoms with Gasteiger partial charge in [-0.15, -0.1) is 0 Å². The molecular weight excluding hydrogens is 725 g/mol. The Balaban J connectivity index is 4.19. The van der Waals surface area contributed by atoms with Crippen LogP contribution in [0.2, 0.25) is 0 Å². The van der Waals surface area contributed by atoms with Crippen molar-refractivity contribution < 1.29 is 37.6 Å². The Morgan fingerprint density at radius 1 is 0.554 bits per heavy atom. The Hall–Kier alpha value is -1.77. The van der Waals surface area contributed by atoms with Crippen molar-refractivity contribution in [3.63, 3.8) is 0 Å². The number of esters is 2. The molecule has 0 aliphatic carbocycles. The number of phosphoric acid groups is 1. The SMILES string of the molecule is CCCCC/C=C\C/C=C\CCCCCCCCCCCC(=O)OC(COC(=O)CCCCCCC/C=C\CCCCCCCC)COP(=O)(O)OCCNC. The van der Waals surface area contributed by atoms with Gasteiger partial charge in [-0.1, -0.05) is 159 Å². The monoisotopic (exact) mass is 812 g/mol. The predicted octanol–water partition coefficient (Wildman–Crippen LogP) is 13.2. The first-order valence-corrected chi connectivity index (χ1v) is 24.4. The zero-order valence-corrected chi connectivity index (χ0v) is 37.2. The number of likely N-dealkylation sites (N-methyl/N-ethyl adjacent to an activating group) is 1. The minimum Gasteiger partial charge on any atom is -0.462 e. The second-order valence-electron chi connectivity index (χ2n) is 15.2. The number of ether oxygens (including phenoxy) is 2. The highest BCUT2D eigenvalue weighted by molar-refractivity contribution is 7.47. The Morgan fingerprint density at radius 2 is 0.964 bits per heavy atom. The summed E-state index contributed by atoms with van der Waals surface area (Å²) >= 11 is 0. The molecule has 9 nitrogen and oxygen atoms in total. The van der Waals surface area contributed by atoms with E-state index < -0.39 is 26.5 Å². The molecule has 0 heterocycles. The van der Waals surface area contributed by atoms with Crippen molar-refractivity contribution >= 4 is 19.8 Å². The highest BCUT2D eigenvalue weighted by Crippen LogP contribution is 2.43. The predicted molar refractivity (Wildman–Crippen MR) is 234 cm³/mol. The molecule has 0 spiro atoms. The first kappa shape index (κ1) is 54.2. The molecule has 10 heteroatoms. The molecule has 0 fully saturated rings. The minimum absolute atomic E-state index is 0.0190. The average molecular weight is 812 g/mol. The van der Waals surface area contributed by atoms with Crippen LogP contribution in [0.3, 0.4) is 0 Å². The number of carbonyl (C=O) groups is 2. The highest BCUT2D eigenvalue weighted by Gasteiger charge is 2.26. The van der Waals surface area contributed by atoms with E-state index in [1.165, 1.54) is 103 Å². The van der Waals surface area contributed by atoms with E-state index in [1.54, 1.807) is 7.05 Å². The molecule has 0 saturated heterocycles. The minimum atomic E-state index is -4.35. The van der Waals surface area contributed by atoms with Gasteiger partial charge in [-0.2, -0.15) is 0 Å². The Bertz CT molecular complexity index is 1020. The van der Waals surface area contributed by atoms with Gasteiger partial charge in [0.2, 0.25) is 0 Å². The molecule has 2 N–H and O–H groups in total. The van der Waals surface area contributed by atoms with Crippen LogP contribution >= 0.6 is 7.82 Å². The number of hydrogen-bond acceptors (Lipinski definition) is 8. The van der Waals surface area contributed by atoms with E-state index in [4.69, 9.17) is 18.5 Å². The zero-order chi connectivity index (χ0) is 41.1. The van der Waals surface area contributed by atoms with Gasteiger partial charge in [-0.3, -0.25) is 18.6 Å². The van der Waals surface area contributed by atoms with Gasteiger partial charge in [0.05, 0.1) is 13.2 Å². The van der Waals surface area contributed by atoms with E-state index >= 15 is 0 Å². The molecule has 0 aromatic rings. The maximum absolute atomic E-state index is 12.6. The van der Waals surface area contributed by atoms with Crippen LogP contribution in [-0.2, 0) is 32.7 Å². The van der Waals surface area contributed by atoms with Crippen molar-refractivity contribution in [3.8, 4) is 0 Å². The average Bonchev–Trinajstić information content (AvgIpc) is 3.18. The number of unbranched alkanes of at least 4 members (excludes halogenated alkanes) is 23. The molecule has 56 heavy (non-hydrogen) atoms. The summed E-state index contributed by atoms with van der Waals surface area (Å²) in [6, 6.07) is 0. The topological polar surface area (TPSA) is 120 Å². The summed E-state index contributed by atoms with van der Waals surface area (Å²) in [5.74, 6) is -0.817. The molecule has 328 valence electrons. The molecule has 2 unspecified atom stereocenters. The molecule has 0 aromatic carbocycles. The van der Waals surface area contributed by atoms with Gasteiger partial charge < -0.3 is 19.7 Å². The van der Waals surface area contributed by atoms with E-state index in [2.05, 4.69) is 55.6 Å². The summed E-state index contributed by atoms with van der Waals surface area (Å²) in [7, 11) is -2.65. The largest absolute Gasteiger partial charge is 0.472 e. The van der Waals surface area contributed by atoms with E-state index in [0.29, 0.717) is 13.0 Å². The van der Waals surface area contributed by atoms with Crippen LogP contribution in [0.15, 0.2) is 36.5 Å². The van der Waals surface area contributed by atoms with E-state index in [-0.39, 0.29) is 32.0 Å². The van der Waals surface area contributed by atoms with E-state index in [9.17, 15) is 19.0 Å². The number of rotatable bonds is 43. The summed E-state index contributed by atoms with van der Waals surface area (Å²) in [6.45, 7) is 4.19. The molecule has 0 rings (SSSR count). The lowest BCUT2D eigenvalue weighted by Crippen LogP contribution is -2.29. The smallest absolute Gasteiger partial charge is 0.462 e. The first-order valence-electron chi connectivity index (χ1n) is 22.9. The molecule has 0 aromatic heterocycles. The summed E-state index contributed by atoms with van der Waals surface area (Å²) in [6.07, 6.45) is 46.1. The third kappa shape index (κ3) is 41.9. The van der Waals surface area contributed by atoms with Gasteiger partial charge in [-0.05, 0) is 77.7 Å². The van der Waals surface area contributed by atoms with E-state index in [1.807, 2.05) is 0 Å². The van der Waals surface area contributed by atoms with Crippen LogP contribution in [0.1, 0.15) is 206 Å². The summed E-state index contributed by atoms with van der Waals surface area (Å²) < 4.78 is 33.2. The van der Waals surface area contributed by atoms with Crippen molar-refractivity contribution in [3.05, 3.63) is 36.5 Å². The van der Waals surface area contributed by atoms with Crippen LogP contribution in [0, 0.1) is 0 Å². The van der Waals surface area contributed by atoms with Crippen LogP contribution in [0.25, 0.3) is 0 Å². The molecule has 0 aliphatic rings. The normalized spacial score (nSPS) is 13.6. The fourth-order valence-electron chi connectivity index (χ4n) is 6.22. The fourth-order valence-corrected chi connectivity index (χ4v) is 6.98. The lowest BCUT2D eigenvalue weighted by molar-refractivity contribution is -0.161. The third-order valence-electron chi connectivity index (χ3n) is 9.73. The maximum atomic E-state index is 12.6. The first-order chi connectivity index (χ1) is 27.3. The number of phosphoric ester groups is 1. The molecule has 0 aliphatic heterocycles. The van der Waals surface area contributed by atoms with Gasteiger partial charge in [0.15, 0.2) is 6.10 Å². The molecule has 0 saturated carbocycles. The second-order valence-corrected chi connectivity index (χ2v) is 16.7. The van der Waals surface area contributed by atoms with Gasteiger partial charge in [0, 0.05) is 19.4 Å². The van der Waals surface area contributed by atoms with Gasteiger partial charge in [-0.25, -0.2) is 4.57 Å². The lowest BCUT2D eigenvalue weighted by Gasteiger charge is -2.20. The fraction of sp³-hybridized carbons (Fsp3) is 0.826. The van der Waals surface area contributed by atoms with Crippen LogP contribution < -0.4 is 5.32 Å². The standard InChI is InChI=1S/C46H86NO8P/c1-4-6-8-10-12-14-16-18-20-21-22-23-25-27-29-31-33-35-37-39-46(49)55-44(43-54-56(50,51)53-41-40-47-3)42-52-45(48)38-36-34-32-30-28-26-24-19-17-15-13-11-9-7-5-2/h12,14,18-20,24,44,47H,4-11,13,15-17,21-23,25-43H2,1-3H3,(H,50,51)/b14-12-,20-18-,24-19-. The van der Waals surface area contributed by atoms with Gasteiger partial charge >= 0.3 is 19.8 Å². The van der Waals surface area contributed by atoms with Crippen molar-refractivity contribution in [2.45, 2.75) is 213 Å². The summed E-state index contributed by atoms with van der Waals surface area (Å²) in [4.78, 5) is 35.1. The Labute approximate surface area is 344 Å². The lowest BCUT2D eigenvalue weighted by atomic mass is 10.1. The Morgan fingerprint density at radius 3 is 1.46 bits per heavy atom. The van der Waals surface area contributed by atoms with Crippen molar-refractivity contribution in [2.24, 2.45) is 0 Å². The Kier molecular flexibility index (Phi) is 41.5. The quantitative estimate of drug-likeness (QED) is 0.0268. The number of carbonyl (C=O) groups excluding carboxylic acids is 2. The van der Waals surface area contributed by atoms with E-state index in [0.717, 1.165) is 70.6 Å². The van der Waals surface area contributed by atoms with Gasteiger partial charge in [0.25, 0.3) is 0 Å². The summed E-state index contributed by atoms with van der Waals surface area (Å²) in [5.41, 5.74) is 0. The van der Waals surface area contributed by atoms with Crippen molar-refractivity contribution in [1.29, 1.82) is 0 Å². The molecular formula is C46H86NO8P. The second kappa shape index (κ2) is 42.8. The summed E-state index contributed by atoms with van der Waals surface area (Å²) in [5, 5.41) is 2.82. The highest BCUT2D eigenvalue weighted by atomic mass is 31.2. The maximum Gasteiger partial charge on any atom is 0.472 e.